The molecule has 1 spiro atoms. The number of ether oxygens (including phenoxy) is 1. The van der Waals surface area contributed by atoms with Crippen LogP contribution in [0.4, 0.5) is 5.95 Å². The highest BCUT2D eigenvalue weighted by Crippen LogP contribution is 2.40. The van der Waals surface area contributed by atoms with Crippen molar-refractivity contribution in [2.75, 3.05) is 25.0 Å². The molecular formula is C21H25N5O3. The van der Waals surface area contributed by atoms with Gasteiger partial charge >= 0.3 is 0 Å². The lowest BCUT2D eigenvalue weighted by atomic mass is 9.80. The number of hydrogen-bond donors (Lipinski definition) is 1. The van der Waals surface area contributed by atoms with Crippen molar-refractivity contribution in [2.45, 2.75) is 45.4 Å². The molecule has 3 aromatic rings. The molecule has 2 aliphatic heterocycles. The summed E-state index contributed by atoms with van der Waals surface area (Å²) < 4.78 is 16.7. The van der Waals surface area contributed by atoms with Crippen molar-refractivity contribution in [1.29, 1.82) is 0 Å². The predicted octanol–water partition coefficient (Wildman–Crippen LogP) is 2.96. The molecule has 1 fully saturated rings. The number of aromatic nitrogens is 3. The van der Waals surface area contributed by atoms with E-state index in [1.807, 2.05) is 32.2 Å². The predicted molar refractivity (Wildman–Crippen MR) is 105 cm³/mol. The summed E-state index contributed by atoms with van der Waals surface area (Å²) in [4.78, 5) is 11.8. The van der Waals surface area contributed by atoms with Gasteiger partial charge in [-0.25, -0.2) is 9.97 Å². The Labute approximate surface area is 169 Å². The van der Waals surface area contributed by atoms with Crippen LogP contribution >= 0.6 is 0 Å². The summed E-state index contributed by atoms with van der Waals surface area (Å²) in [5, 5.41) is 7.36. The smallest absolute Gasteiger partial charge is 0.223 e. The van der Waals surface area contributed by atoms with E-state index in [4.69, 9.17) is 18.7 Å². The molecule has 8 nitrogen and oxygen atoms in total. The summed E-state index contributed by atoms with van der Waals surface area (Å²) >= 11 is 0. The van der Waals surface area contributed by atoms with E-state index in [1.54, 1.807) is 6.26 Å². The Morgan fingerprint density at radius 1 is 1.31 bits per heavy atom. The van der Waals surface area contributed by atoms with Gasteiger partial charge in [0.1, 0.15) is 11.5 Å². The summed E-state index contributed by atoms with van der Waals surface area (Å²) in [5.41, 5.74) is 4.25. The second-order valence-electron chi connectivity index (χ2n) is 8.04. The molecule has 1 atom stereocenters. The highest BCUT2D eigenvalue weighted by molar-refractivity contribution is 5.37. The minimum atomic E-state index is -0.101. The van der Waals surface area contributed by atoms with Gasteiger partial charge < -0.3 is 19.0 Å². The molecule has 8 heteroatoms. The number of likely N-dealkylation sites (tertiary alicyclic amines) is 1. The number of nitrogens with one attached hydrogen (secondary N) is 1. The Bertz CT molecular complexity index is 980. The van der Waals surface area contributed by atoms with Crippen LogP contribution in [0.2, 0.25) is 0 Å². The van der Waals surface area contributed by atoms with Crippen molar-refractivity contribution in [3.05, 3.63) is 58.6 Å². The van der Waals surface area contributed by atoms with Gasteiger partial charge in [0, 0.05) is 30.4 Å². The van der Waals surface area contributed by atoms with E-state index in [9.17, 15) is 0 Å². The van der Waals surface area contributed by atoms with Crippen LogP contribution in [0, 0.1) is 13.8 Å². The molecule has 1 N–H and O–H groups in total. The van der Waals surface area contributed by atoms with Crippen LogP contribution in [0.1, 0.15) is 40.5 Å². The summed E-state index contributed by atoms with van der Waals surface area (Å²) in [5.74, 6) is 2.39. The third-order valence-corrected chi connectivity index (χ3v) is 6.00. The van der Waals surface area contributed by atoms with Crippen molar-refractivity contribution in [3.63, 3.8) is 0 Å². The van der Waals surface area contributed by atoms with Crippen LogP contribution in [-0.2, 0) is 29.8 Å². The fraction of sp³-hybridized carbons (Fsp3) is 0.476. The van der Waals surface area contributed by atoms with Gasteiger partial charge in [-0.05, 0) is 38.9 Å². The number of anilines is 1. The van der Waals surface area contributed by atoms with Crippen LogP contribution in [0.5, 0.6) is 0 Å². The molecule has 29 heavy (non-hydrogen) atoms. The average molecular weight is 395 g/mol. The van der Waals surface area contributed by atoms with Crippen LogP contribution < -0.4 is 5.32 Å². The van der Waals surface area contributed by atoms with E-state index < -0.39 is 0 Å². The fourth-order valence-corrected chi connectivity index (χ4v) is 4.42. The lowest BCUT2D eigenvalue weighted by Crippen LogP contribution is -2.40. The maximum Gasteiger partial charge on any atom is 0.223 e. The average Bonchev–Trinajstić information content (AvgIpc) is 3.46. The van der Waals surface area contributed by atoms with E-state index in [0.717, 1.165) is 54.5 Å². The normalized spacial score (nSPS) is 21.6. The van der Waals surface area contributed by atoms with Gasteiger partial charge in [0.2, 0.25) is 5.95 Å². The van der Waals surface area contributed by atoms with E-state index in [-0.39, 0.29) is 5.41 Å². The zero-order valence-corrected chi connectivity index (χ0v) is 16.8. The highest BCUT2D eigenvalue weighted by Gasteiger charge is 2.45. The minimum absolute atomic E-state index is 0.101. The van der Waals surface area contributed by atoms with Gasteiger partial charge in [-0.3, -0.25) is 4.90 Å². The van der Waals surface area contributed by atoms with E-state index in [2.05, 4.69) is 20.4 Å². The number of rotatable bonds is 5. The van der Waals surface area contributed by atoms with Crippen molar-refractivity contribution in [1.82, 2.24) is 20.0 Å². The van der Waals surface area contributed by atoms with Crippen molar-refractivity contribution in [3.8, 4) is 0 Å². The monoisotopic (exact) mass is 395 g/mol. The van der Waals surface area contributed by atoms with E-state index >= 15 is 0 Å². The quantitative estimate of drug-likeness (QED) is 0.705. The van der Waals surface area contributed by atoms with Crippen molar-refractivity contribution >= 4 is 5.95 Å². The Balaban J connectivity index is 1.36. The van der Waals surface area contributed by atoms with Gasteiger partial charge in [0.15, 0.2) is 0 Å². The largest absolute Gasteiger partial charge is 0.467 e. The molecule has 0 saturated carbocycles. The van der Waals surface area contributed by atoms with E-state index in [1.165, 1.54) is 5.56 Å². The van der Waals surface area contributed by atoms with Gasteiger partial charge in [-0.1, -0.05) is 5.16 Å². The molecule has 1 saturated heterocycles. The summed E-state index contributed by atoms with van der Waals surface area (Å²) in [6.07, 6.45) is 4.58. The van der Waals surface area contributed by atoms with Crippen molar-refractivity contribution < 1.29 is 13.7 Å². The molecule has 2 aliphatic rings. The number of fused-ring (bicyclic) bond motifs is 2. The Kier molecular flexibility index (Phi) is 4.60. The van der Waals surface area contributed by atoms with E-state index in [0.29, 0.717) is 25.7 Å². The minimum Gasteiger partial charge on any atom is -0.467 e. The Hall–Kier alpha value is -2.71. The number of hydrogen-bond acceptors (Lipinski definition) is 8. The first-order chi connectivity index (χ1) is 14.1. The first kappa shape index (κ1) is 18.3. The lowest BCUT2D eigenvalue weighted by molar-refractivity contribution is 0.0503. The summed E-state index contributed by atoms with van der Waals surface area (Å²) in [6.45, 7) is 8.53. The van der Waals surface area contributed by atoms with Crippen LogP contribution in [0.3, 0.4) is 0 Å². The molecule has 0 bridgehead atoms. The first-order valence-corrected chi connectivity index (χ1v) is 9.97. The third-order valence-electron chi connectivity index (χ3n) is 6.00. The standard InChI is InChI=1S/C21H25N5O3/c1-14-18(15(2)29-25-14)10-26-6-5-21(12-26)13-27-11-16-8-22-20(24-19(16)21)23-9-17-4-3-7-28-17/h3-4,7-8H,5-6,9-13H2,1-2H3,(H,22,23,24)/t21-/m1/s1. The molecule has 3 aromatic heterocycles. The molecule has 5 heterocycles. The van der Waals surface area contributed by atoms with Crippen molar-refractivity contribution in [2.24, 2.45) is 0 Å². The molecule has 0 aliphatic carbocycles. The van der Waals surface area contributed by atoms with Crippen LogP contribution in [0.25, 0.3) is 0 Å². The zero-order chi connectivity index (χ0) is 19.8. The van der Waals surface area contributed by atoms with Crippen LogP contribution in [-0.4, -0.2) is 39.7 Å². The Morgan fingerprint density at radius 3 is 3.03 bits per heavy atom. The number of furan rings is 1. The first-order valence-electron chi connectivity index (χ1n) is 9.97. The second kappa shape index (κ2) is 7.27. The maximum absolute atomic E-state index is 5.95. The maximum atomic E-state index is 5.95. The third kappa shape index (κ3) is 3.42. The van der Waals surface area contributed by atoms with Crippen LogP contribution in [0.15, 0.2) is 33.5 Å². The second-order valence-corrected chi connectivity index (χ2v) is 8.04. The Morgan fingerprint density at radius 2 is 2.24 bits per heavy atom. The van der Waals surface area contributed by atoms with Gasteiger partial charge in [0.25, 0.3) is 0 Å². The summed E-state index contributed by atoms with van der Waals surface area (Å²) in [6, 6.07) is 3.81. The molecular weight excluding hydrogens is 370 g/mol. The number of aryl methyl sites for hydroxylation is 2. The molecule has 5 rings (SSSR count). The molecule has 0 amide bonds. The SMILES string of the molecule is Cc1noc(C)c1CN1CC[C@]2(COCc3cnc(NCc4ccco4)nc32)C1. The lowest BCUT2D eigenvalue weighted by Gasteiger charge is -2.34. The molecule has 0 aromatic carbocycles. The molecule has 0 radical (unpaired) electrons. The summed E-state index contributed by atoms with van der Waals surface area (Å²) in [7, 11) is 0. The van der Waals surface area contributed by atoms with Gasteiger partial charge in [0.05, 0.1) is 42.8 Å². The fourth-order valence-electron chi connectivity index (χ4n) is 4.42. The van der Waals surface area contributed by atoms with Gasteiger partial charge in [-0.2, -0.15) is 0 Å². The highest BCUT2D eigenvalue weighted by atomic mass is 16.5. The molecule has 152 valence electrons. The zero-order valence-electron chi connectivity index (χ0n) is 16.8. The number of nitrogens with zero attached hydrogens (tertiary/aromatic N) is 4. The topological polar surface area (TPSA) is 89.5 Å². The van der Waals surface area contributed by atoms with Gasteiger partial charge in [-0.15, -0.1) is 0 Å². The molecule has 0 unspecified atom stereocenters.